The van der Waals surface area contributed by atoms with Crippen molar-refractivity contribution in [2.75, 3.05) is 0 Å². The van der Waals surface area contributed by atoms with Gasteiger partial charge in [0, 0.05) is 11.5 Å². The molecule has 0 aliphatic carbocycles. The van der Waals surface area contributed by atoms with Gasteiger partial charge in [0.25, 0.3) is 0 Å². The topological polar surface area (TPSA) is 56.2 Å². The average Bonchev–Trinajstić information content (AvgIpc) is 3.45. The number of aromatic nitrogens is 4. The van der Waals surface area contributed by atoms with Crippen LogP contribution in [0.5, 0.6) is 0 Å². The third-order valence-electron chi connectivity index (χ3n) is 4.70. The summed E-state index contributed by atoms with van der Waals surface area (Å²) in [4.78, 5) is 0.676. The van der Waals surface area contributed by atoms with E-state index in [9.17, 15) is 4.39 Å². The summed E-state index contributed by atoms with van der Waals surface area (Å²) in [6.07, 6.45) is 1.59. The number of fused-ring (bicyclic) bond motifs is 1. The van der Waals surface area contributed by atoms with Crippen molar-refractivity contribution in [1.29, 1.82) is 0 Å². The molecular weight excluding hydrogens is 375 g/mol. The molecule has 0 unspecified atom stereocenters. The number of benzene rings is 2. The molecule has 0 N–H and O–H groups in total. The van der Waals surface area contributed by atoms with E-state index in [1.807, 2.05) is 55.5 Å². The third kappa shape index (κ3) is 2.80. The van der Waals surface area contributed by atoms with Gasteiger partial charge >= 0.3 is 0 Å². The second kappa shape index (κ2) is 6.69. The Kier molecular flexibility index (Phi) is 4.02. The first kappa shape index (κ1) is 16.8. The Balaban J connectivity index is 1.50. The molecule has 3 aromatic heterocycles. The zero-order valence-corrected chi connectivity index (χ0v) is 15.7. The highest BCUT2D eigenvalue weighted by molar-refractivity contribution is 7.16. The maximum Gasteiger partial charge on any atom is 0.235 e. The van der Waals surface area contributed by atoms with Crippen molar-refractivity contribution < 1.29 is 8.81 Å². The van der Waals surface area contributed by atoms with E-state index in [-0.39, 0.29) is 11.7 Å². The van der Waals surface area contributed by atoms with Gasteiger partial charge in [-0.05, 0) is 29.3 Å². The second-order valence-corrected chi connectivity index (χ2v) is 7.45. The van der Waals surface area contributed by atoms with E-state index in [1.54, 1.807) is 22.9 Å². The van der Waals surface area contributed by atoms with Crippen LogP contribution in [0.2, 0.25) is 0 Å². The highest BCUT2D eigenvalue weighted by atomic mass is 32.1. The standard InChI is InChI=1S/C21H15FN4OS/c1-13(15-9-10-16(17(22)12-15)14-6-3-2-4-7-14)20-25-26-19(18-8-5-11-27-18)23-24-21(26)28-20/h2-13H,1H3/t13-/m1/s1. The van der Waals surface area contributed by atoms with Gasteiger partial charge in [-0.2, -0.15) is 9.61 Å². The van der Waals surface area contributed by atoms with E-state index >= 15 is 0 Å². The molecule has 0 saturated heterocycles. The molecule has 0 radical (unpaired) electrons. The van der Waals surface area contributed by atoms with Crippen molar-refractivity contribution in [3.8, 4) is 22.7 Å². The van der Waals surface area contributed by atoms with Crippen molar-refractivity contribution in [2.24, 2.45) is 0 Å². The fraction of sp³-hybridized carbons (Fsp3) is 0.0952. The second-order valence-electron chi connectivity index (χ2n) is 6.46. The SMILES string of the molecule is C[C@H](c1ccc(-c2ccccc2)c(F)c1)c1nn2c(-c3ccco3)nnc2s1. The van der Waals surface area contributed by atoms with Gasteiger partial charge in [0.1, 0.15) is 10.8 Å². The van der Waals surface area contributed by atoms with Crippen LogP contribution in [0, 0.1) is 5.82 Å². The van der Waals surface area contributed by atoms with Crippen LogP contribution in [0.15, 0.2) is 71.3 Å². The zero-order valence-electron chi connectivity index (χ0n) is 14.9. The quantitative estimate of drug-likeness (QED) is 0.412. The van der Waals surface area contributed by atoms with E-state index in [1.165, 1.54) is 11.3 Å². The summed E-state index contributed by atoms with van der Waals surface area (Å²) in [5, 5.41) is 13.8. The first-order valence-corrected chi connectivity index (χ1v) is 9.63. The number of nitrogens with zero attached hydrogens (tertiary/aromatic N) is 4. The Bertz CT molecular complexity index is 1240. The molecule has 0 fully saturated rings. The fourth-order valence-corrected chi connectivity index (χ4v) is 4.08. The molecule has 28 heavy (non-hydrogen) atoms. The maximum absolute atomic E-state index is 14.7. The van der Waals surface area contributed by atoms with Crippen LogP contribution in [-0.2, 0) is 0 Å². The molecule has 138 valence electrons. The van der Waals surface area contributed by atoms with Crippen LogP contribution >= 0.6 is 11.3 Å². The molecule has 5 rings (SSSR count). The highest BCUT2D eigenvalue weighted by Crippen LogP contribution is 2.32. The minimum absolute atomic E-state index is 0.0736. The van der Waals surface area contributed by atoms with Crippen LogP contribution in [-0.4, -0.2) is 19.8 Å². The Morgan fingerprint density at radius 1 is 1.04 bits per heavy atom. The van der Waals surface area contributed by atoms with Crippen molar-refractivity contribution in [3.05, 3.63) is 83.3 Å². The lowest BCUT2D eigenvalue weighted by Gasteiger charge is -2.11. The zero-order chi connectivity index (χ0) is 19.1. The number of hydrogen-bond acceptors (Lipinski definition) is 5. The van der Waals surface area contributed by atoms with Gasteiger partial charge in [-0.1, -0.05) is 60.7 Å². The average molecular weight is 390 g/mol. The Morgan fingerprint density at radius 3 is 2.64 bits per heavy atom. The Morgan fingerprint density at radius 2 is 1.89 bits per heavy atom. The summed E-state index contributed by atoms with van der Waals surface area (Å²) < 4.78 is 21.8. The lowest BCUT2D eigenvalue weighted by atomic mass is 9.97. The summed E-state index contributed by atoms with van der Waals surface area (Å²) in [6.45, 7) is 2.01. The minimum atomic E-state index is -0.241. The molecule has 7 heteroatoms. The molecule has 0 bridgehead atoms. The lowest BCUT2D eigenvalue weighted by molar-refractivity contribution is 0.574. The van der Waals surface area contributed by atoms with Crippen LogP contribution in [0.25, 0.3) is 27.7 Å². The van der Waals surface area contributed by atoms with Gasteiger partial charge in [0.15, 0.2) is 5.76 Å². The van der Waals surface area contributed by atoms with E-state index < -0.39 is 0 Å². The Hall–Kier alpha value is -3.32. The molecule has 0 aliphatic rings. The van der Waals surface area contributed by atoms with Gasteiger partial charge in [-0.3, -0.25) is 0 Å². The van der Waals surface area contributed by atoms with Gasteiger partial charge in [-0.15, -0.1) is 10.2 Å². The lowest BCUT2D eigenvalue weighted by Crippen LogP contribution is -1.99. The van der Waals surface area contributed by atoms with E-state index in [2.05, 4.69) is 15.3 Å². The van der Waals surface area contributed by atoms with Crippen molar-refractivity contribution in [3.63, 3.8) is 0 Å². The molecule has 2 aromatic carbocycles. The van der Waals surface area contributed by atoms with Crippen LogP contribution in [0.4, 0.5) is 4.39 Å². The molecule has 5 aromatic rings. The van der Waals surface area contributed by atoms with Crippen LogP contribution < -0.4 is 0 Å². The first-order valence-electron chi connectivity index (χ1n) is 8.81. The summed E-state index contributed by atoms with van der Waals surface area (Å²) >= 11 is 1.44. The monoisotopic (exact) mass is 390 g/mol. The smallest absolute Gasteiger partial charge is 0.235 e. The molecule has 1 atom stereocenters. The van der Waals surface area contributed by atoms with E-state index in [0.717, 1.165) is 16.1 Å². The number of rotatable bonds is 4. The molecule has 0 amide bonds. The molecule has 5 nitrogen and oxygen atoms in total. The third-order valence-corrected chi connectivity index (χ3v) is 5.78. The van der Waals surface area contributed by atoms with Gasteiger partial charge < -0.3 is 4.42 Å². The van der Waals surface area contributed by atoms with Crippen molar-refractivity contribution in [1.82, 2.24) is 19.8 Å². The number of halogens is 1. The summed E-state index contributed by atoms with van der Waals surface area (Å²) in [6, 6.07) is 18.5. The Labute approximate surface area is 164 Å². The maximum atomic E-state index is 14.7. The van der Waals surface area contributed by atoms with Gasteiger partial charge in [-0.25, -0.2) is 4.39 Å². The molecule has 0 saturated carbocycles. The highest BCUT2D eigenvalue weighted by Gasteiger charge is 2.20. The minimum Gasteiger partial charge on any atom is -0.461 e. The van der Waals surface area contributed by atoms with Crippen molar-refractivity contribution >= 4 is 16.3 Å². The normalized spacial score (nSPS) is 12.5. The summed E-state index contributed by atoms with van der Waals surface area (Å²) in [5.74, 6) is 0.848. The summed E-state index contributed by atoms with van der Waals surface area (Å²) in [5.41, 5.74) is 2.32. The van der Waals surface area contributed by atoms with Gasteiger partial charge in [0.05, 0.1) is 6.26 Å². The molecule has 3 heterocycles. The fourth-order valence-electron chi connectivity index (χ4n) is 3.16. The van der Waals surface area contributed by atoms with E-state index in [4.69, 9.17) is 4.42 Å². The van der Waals surface area contributed by atoms with E-state index in [0.29, 0.717) is 22.1 Å². The first-order chi connectivity index (χ1) is 13.7. The molecular formula is C21H15FN4OS. The number of hydrogen-bond donors (Lipinski definition) is 0. The molecule has 0 aliphatic heterocycles. The predicted molar refractivity (Wildman–Crippen MR) is 106 cm³/mol. The van der Waals surface area contributed by atoms with Crippen LogP contribution in [0.3, 0.4) is 0 Å². The predicted octanol–water partition coefficient (Wildman–Crippen LogP) is 5.40. The largest absolute Gasteiger partial charge is 0.461 e. The van der Waals surface area contributed by atoms with Crippen molar-refractivity contribution in [2.45, 2.75) is 12.8 Å². The number of furan rings is 1. The van der Waals surface area contributed by atoms with Crippen LogP contribution in [0.1, 0.15) is 23.4 Å². The summed E-state index contributed by atoms with van der Waals surface area (Å²) in [7, 11) is 0. The van der Waals surface area contributed by atoms with Gasteiger partial charge in [0.2, 0.25) is 10.8 Å². The molecule has 0 spiro atoms.